The second-order valence-corrected chi connectivity index (χ2v) is 8.97. The van der Waals surface area contributed by atoms with E-state index in [9.17, 15) is 9.59 Å². The van der Waals surface area contributed by atoms with E-state index in [1.165, 1.54) is 6.33 Å². The molecule has 3 heterocycles. The minimum Gasteiger partial charge on any atom is -0.382 e. The number of aromatic nitrogens is 4. The molecule has 0 atom stereocenters. The van der Waals surface area contributed by atoms with E-state index < -0.39 is 0 Å². The summed E-state index contributed by atoms with van der Waals surface area (Å²) < 4.78 is 1.89. The Balaban J connectivity index is 1.53. The molecule has 0 aliphatic heterocycles. The van der Waals surface area contributed by atoms with E-state index in [0.29, 0.717) is 23.7 Å². The molecular formula is C24H30N6O2. The van der Waals surface area contributed by atoms with E-state index in [1.807, 2.05) is 36.7 Å². The molecule has 0 aromatic carbocycles. The van der Waals surface area contributed by atoms with Gasteiger partial charge in [-0.2, -0.15) is 0 Å². The molecule has 4 rings (SSSR count). The molecule has 1 aliphatic carbocycles. The summed E-state index contributed by atoms with van der Waals surface area (Å²) in [5.74, 6) is 1.25. The molecule has 3 aromatic rings. The zero-order valence-corrected chi connectivity index (χ0v) is 18.8. The SMILES string of the molecule is CC(=O)CC1CCC(NC(=O)c2cnc(-n3ccc4cncnc43)cc2NC(C)C)CC1. The summed E-state index contributed by atoms with van der Waals surface area (Å²) in [6.45, 7) is 5.73. The van der Waals surface area contributed by atoms with Gasteiger partial charge in [-0.05, 0) is 58.4 Å². The third kappa shape index (κ3) is 4.95. The van der Waals surface area contributed by atoms with Gasteiger partial charge >= 0.3 is 0 Å². The number of fused-ring (bicyclic) bond motifs is 1. The predicted octanol–water partition coefficient (Wildman–Crippen LogP) is 3.90. The van der Waals surface area contributed by atoms with E-state index in [2.05, 4.69) is 25.6 Å². The van der Waals surface area contributed by atoms with Gasteiger partial charge in [0.05, 0.1) is 11.3 Å². The Morgan fingerprint density at radius 1 is 1.16 bits per heavy atom. The zero-order valence-electron chi connectivity index (χ0n) is 18.8. The fourth-order valence-electron chi connectivity index (χ4n) is 4.43. The van der Waals surface area contributed by atoms with Crippen molar-refractivity contribution < 1.29 is 9.59 Å². The molecule has 0 bridgehead atoms. The number of ketones is 1. The van der Waals surface area contributed by atoms with Crippen LogP contribution in [0.25, 0.3) is 16.9 Å². The van der Waals surface area contributed by atoms with Crippen molar-refractivity contribution >= 4 is 28.4 Å². The molecule has 0 spiro atoms. The summed E-state index contributed by atoms with van der Waals surface area (Å²) in [5.41, 5.74) is 2.03. The minimum absolute atomic E-state index is 0.123. The number of carbonyl (C=O) groups excluding carboxylic acids is 2. The number of Topliss-reactive ketones (excluding diaryl/α,β-unsaturated/α-hetero) is 1. The van der Waals surface area contributed by atoms with Gasteiger partial charge in [0.2, 0.25) is 0 Å². The average molecular weight is 435 g/mol. The normalized spacial score (nSPS) is 18.6. The fourth-order valence-corrected chi connectivity index (χ4v) is 4.43. The molecule has 0 radical (unpaired) electrons. The highest BCUT2D eigenvalue weighted by molar-refractivity contribution is 5.99. The van der Waals surface area contributed by atoms with Crippen LogP contribution in [0.5, 0.6) is 0 Å². The van der Waals surface area contributed by atoms with Crippen molar-refractivity contribution in [3.63, 3.8) is 0 Å². The molecule has 1 saturated carbocycles. The number of anilines is 1. The van der Waals surface area contributed by atoms with Gasteiger partial charge in [-0.15, -0.1) is 0 Å². The van der Waals surface area contributed by atoms with E-state index in [-0.39, 0.29) is 23.8 Å². The van der Waals surface area contributed by atoms with Crippen LogP contribution in [-0.4, -0.2) is 43.3 Å². The van der Waals surface area contributed by atoms with Gasteiger partial charge in [-0.25, -0.2) is 15.0 Å². The predicted molar refractivity (Wildman–Crippen MR) is 124 cm³/mol. The van der Waals surface area contributed by atoms with Crippen LogP contribution in [-0.2, 0) is 4.79 Å². The van der Waals surface area contributed by atoms with Crippen molar-refractivity contribution in [2.45, 2.75) is 65.0 Å². The third-order valence-corrected chi connectivity index (χ3v) is 5.93. The molecule has 32 heavy (non-hydrogen) atoms. The number of amides is 1. The lowest BCUT2D eigenvalue weighted by molar-refractivity contribution is -0.118. The lowest BCUT2D eigenvalue weighted by atomic mass is 9.83. The molecule has 1 fully saturated rings. The molecular weight excluding hydrogens is 404 g/mol. The Kier molecular flexibility index (Phi) is 6.48. The van der Waals surface area contributed by atoms with Gasteiger partial charge in [0, 0.05) is 48.5 Å². The van der Waals surface area contributed by atoms with Crippen LogP contribution >= 0.6 is 0 Å². The number of hydrogen-bond donors (Lipinski definition) is 2. The maximum Gasteiger partial charge on any atom is 0.255 e. The Hall–Kier alpha value is -3.29. The molecule has 2 N–H and O–H groups in total. The number of hydrogen-bond acceptors (Lipinski definition) is 6. The monoisotopic (exact) mass is 434 g/mol. The highest BCUT2D eigenvalue weighted by atomic mass is 16.1. The van der Waals surface area contributed by atoms with Gasteiger partial charge in [0.15, 0.2) is 0 Å². The smallest absolute Gasteiger partial charge is 0.255 e. The number of pyridine rings is 1. The lowest BCUT2D eigenvalue weighted by Gasteiger charge is -2.29. The van der Waals surface area contributed by atoms with Crippen molar-refractivity contribution in [3.8, 4) is 5.82 Å². The first-order chi connectivity index (χ1) is 15.4. The van der Waals surface area contributed by atoms with Gasteiger partial charge in [0.1, 0.15) is 23.6 Å². The zero-order chi connectivity index (χ0) is 22.7. The van der Waals surface area contributed by atoms with Crippen LogP contribution in [0.2, 0.25) is 0 Å². The van der Waals surface area contributed by atoms with Gasteiger partial charge < -0.3 is 15.4 Å². The van der Waals surface area contributed by atoms with Gasteiger partial charge in [0.25, 0.3) is 5.91 Å². The molecule has 1 amide bonds. The van der Waals surface area contributed by atoms with E-state index in [1.54, 1.807) is 19.3 Å². The summed E-state index contributed by atoms with van der Waals surface area (Å²) in [5, 5.41) is 7.49. The third-order valence-electron chi connectivity index (χ3n) is 5.93. The first kappa shape index (κ1) is 21.9. The highest BCUT2D eigenvalue weighted by Crippen LogP contribution is 2.28. The Bertz CT molecular complexity index is 1110. The van der Waals surface area contributed by atoms with Crippen LogP contribution in [0.3, 0.4) is 0 Å². The number of rotatable bonds is 7. The molecule has 1 aliphatic rings. The van der Waals surface area contributed by atoms with Crippen LogP contribution in [0.15, 0.2) is 37.1 Å². The summed E-state index contributed by atoms with van der Waals surface area (Å²) in [6.07, 6.45) is 11.2. The van der Waals surface area contributed by atoms with E-state index >= 15 is 0 Å². The summed E-state index contributed by atoms with van der Waals surface area (Å²) >= 11 is 0. The standard InChI is InChI=1S/C24H30N6O2/c1-15(2)28-21-11-22(30-9-8-18-12-25-14-27-23(18)30)26-13-20(21)24(32)29-19-6-4-17(5-7-19)10-16(3)31/h8-9,11-15,17,19H,4-7,10H2,1-3H3,(H,26,28)(H,29,32). The Labute approximate surface area is 187 Å². The largest absolute Gasteiger partial charge is 0.382 e. The highest BCUT2D eigenvalue weighted by Gasteiger charge is 2.25. The lowest BCUT2D eigenvalue weighted by Crippen LogP contribution is -2.38. The van der Waals surface area contributed by atoms with Crippen molar-refractivity contribution in [2.24, 2.45) is 5.92 Å². The number of carbonyl (C=O) groups is 2. The molecule has 168 valence electrons. The van der Waals surface area contributed by atoms with Gasteiger partial charge in [-0.3, -0.25) is 9.36 Å². The Morgan fingerprint density at radius 2 is 1.94 bits per heavy atom. The molecule has 0 saturated heterocycles. The fraction of sp³-hybridized carbons (Fsp3) is 0.458. The Morgan fingerprint density at radius 3 is 2.66 bits per heavy atom. The maximum absolute atomic E-state index is 13.1. The van der Waals surface area contributed by atoms with E-state index in [4.69, 9.17) is 0 Å². The average Bonchev–Trinajstić information content (AvgIpc) is 3.18. The van der Waals surface area contributed by atoms with Crippen LogP contribution in [0.4, 0.5) is 5.69 Å². The summed E-state index contributed by atoms with van der Waals surface area (Å²) in [6, 6.07) is 4.11. The minimum atomic E-state index is -0.123. The topological polar surface area (TPSA) is 102 Å². The molecule has 0 unspecified atom stereocenters. The van der Waals surface area contributed by atoms with Crippen molar-refractivity contribution in [3.05, 3.63) is 42.6 Å². The van der Waals surface area contributed by atoms with Crippen LogP contribution < -0.4 is 10.6 Å². The summed E-state index contributed by atoms with van der Waals surface area (Å²) in [7, 11) is 0. The quantitative estimate of drug-likeness (QED) is 0.585. The van der Waals surface area contributed by atoms with Crippen LogP contribution in [0, 0.1) is 5.92 Å². The number of nitrogens with zero attached hydrogens (tertiary/aromatic N) is 4. The number of nitrogens with one attached hydrogen (secondary N) is 2. The van der Waals surface area contributed by atoms with Gasteiger partial charge in [-0.1, -0.05) is 0 Å². The second kappa shape index (κ2) is 9.46. The van der Waals surface area contributed by atoms with Crippen molar-refractivity contribution in [1.82, 2.24) is 24.8 Å². The molecule has 8 heteroatoms. The molecule has 3 aromatic heterocycles. The van der Waals surface area contributed by atoms with Crippen molar-refractivity contribution in [1.29, 1.82) is 0 Å². The summed E-state index contributed by atoms with van der Waals surface area (Å²) in [4.78, 5) is 37.5. The second-order valence-electron chi connectivity index (χ2n) is 8.97. The van der Waals surface area contributed by atoms with E-state index in [0.717, 1.165) is 42.4 Å². The first-order valence-electron chi connectivity index (χ1n) is 11.2. The maximum atomic E-state index is 13.1. The van der Waals surface area contributed by atoms with Crippen LogP contribution in [0.1, 0.15) is 63.2 Å². The first-order valence-corrected chi connectivity index (χ1v) is 11.2. The van der Waals surface area contributed by atoms with Crippen molar-refractivity contribution in [2.75, 3.05) is 5.32 Å². The molecule has 8 nitrogen and oxygen atoms in total.